The molecule has 0 saturated heterocycles. The molecule has 1 aromatic carbocycles. The minimum Gasteiger partial charge on any atom is -0.494 e. The second kappa shape index (κ2) is 7.53. The van der Waals surface area contributed by atoms with Gasteiger partial charge in [-0.2, -0.15) is 39.5 Å². The van der Waals surface area contributed by atoms with Crippen molar-refractivity contribution in [2.45, 2.75) is 43.4 Å². The number of rotatable bonds is 8. The predicted octanol–water partition coefficient (Wildman–Crippen LogP) is 5.63. The fourth-order valence-electron chi connectivity index (χ4n) is 2.05. The van der Waals surface area contributed by atoms with E-state index in [0.717, 1.165) is 19.2 Å². The maximum Gasteiger partial charge on any atom is 0.460 e. The highest BCUT2D eigenvalue weighted by Gasteiger charge is 2.81. The summed E-state index contributed by atoms with van der Waals surface area (Å²) in [6.45, 7) is 1.94. The molecule has 0 radical (unpaired) electrons. The van der Waals surface area contributed by atoms with Crippen LogP contribution in [0.2, 0.25) is 0 Å². The maximum atomic E-state index is 13.7. The standard InChI is InChI=1S/C15H15F9O2/c1-3-26-10-6-4-9(5-7-10)11(25-2)8-12(16,17)13(18,19)14(20,21)15(22,23)24/h4-7,11H,3,8H2,1-2H3. The molecule has 0 fully saturated rings. The maximum absolute atomic E-state index is 13.7. The molecule has 150 valence electrons. The first-order chi connectivity index (χ1) is 11.7. The van der Waals surface area contributed by atoms with Gasteiger partial charge in [-0.15, -0.1) is 0 Å². The van der Waals surface area contributed by atoms with Crippen LogP contribution in [0.25, 0.3) is 0 Å². The van der Waals surface area contributed by atoms with Crippen molar-refractivity contribution >= 4 is 0 Å². The molecule has 26 heavy (non-hydrogen) atoms. The Labute approximate surface area is 142 Å². The first kappa shape index (κ1) is 22.4. The van der Waals surface area contributed by atoms with E-state index in [1.807, 2.05) is 0 Å². The number of methoxy groups -OCH3 is 1. The molecule has 2 nitrogen and oxygen atoms in total. The van der Waals surface area contributed by atoms with Gasteiger partial charge in [0.05, 0.1) is 12.7 Å². The van der Waals surface area contributed by atoms with Gasteiger partial charge in [-0.1, -0.05) is 12.1 Å². The summed E-state index contributed by atoms with van der Waals surface area (Å²) in [5, 5.41) is 0. The Morgan fingerprint density at radius 3 is 1.73 bits per heavy atom. The average Bonchev–Trinajstić information content (AvgIpc) is 2.52. The monoisotopic (exact) mass is 398 g/mol. The Bertz CT molecular complexity index is 582. The van der Waals surface area contributed by atoms with E-state index in [-0.39, 0.29) is 12.2 Å². The molecular formula is C15H15F9O2. The van der Waals surface area contributed by atoms with E-state index in [4.69, 9.17) is 4.74 Å². The second-order valence-electron chi connectivity index (χ2n) is 5.28. The zero-order valence-electron chi connectivity index (χ0n) is 13.5. The lowest BCUT2D eigenvalue weighted by molar-refractivity contribution is -0.398. The normalized spacial score (nSPS) is 15.0. The molecule has 0 N–H and O–H groups in total. The van der Waals surface area contributed by atoms with E-state index in [0.29, 0.717) is 5.75 Å². The SMILES string of the molecule is CCOc1ccc(C(CC(F)(F)C(F)(F)C(F)(F)C(F)(F)F)OC)cc1. The van der Waals surface area contributed by atoms with Gasteiger partial charge in [0.25, 0.3) is 0 Å². The van der Waals surface area contributed by atoms with Gasteiger partial charge in [0.15, 0.2) is 0 Å². The third kappa shape index (κ3) is 4.18. The second-order valence-corrected chi connectivity index (χ2v) is 5.28. The van der Waals surface area contributed by atoms with E-state index in [1.54, 1.807) is 6.92 Å². The fraction of sp³-hybridized carbons (Fsp3) is 0.600. The lowest BCUT2D eigenvalue weighted by Crippen LogP contribution is -2.61. The molecular weight excluding hydrogens is 383 g/mol. The summed E-state index contributed by atoms with van der Waals surface area (Å²) in [6, 6.07) is 4.86. The Kier molecular flexibility index (Phi) is 6.49. The quantitative estimate of drug-likeness (QED) is 0.529. The van der Waals surface area contributed by atoms with Crippen LogP contribution in [-0.4, -0.2) is 37.7 Å². The van der Waals surface area contributed by atoms with Crippen molar-refractivity contribution < 1.29 is 49.0 Å². The summed E-state index contributed by atoms with van der Waals surface area (Å²) < 4.78 is 126. The van der Waals surface area contributed by atoms with Crippen LogP contribution in [0, 0.1) is 0 Å². The van der Waals surface area contributed by atoms with E-state index in [9.17, 15) is 39.5 Å². The van der Waals surface area contributed by atoms with Crippen molar-refractivity contribution in [1.82, 2.24) is 0 Å². The van der Waals surface area contributed by atoms with E-state index >= 15 is 0 Å². The van der Waals surface area contributed by atoms with Crippen LogP contribution in [0.5, 0.6) is 5.75 Å². The summed E-state index contributed by atoms with van der Waals surface area (Å²) >= 11 is 0. The van der Waals surface area contributed by atoms with Crippen LogP contribution in [0.15, 0.2) is 24.3 Å². The van der Waals surface area contributed by atoms with Gasteiger partial charge in [-0.3, -0.25) is 0 Å². The van der Waals surface area contributed by atoms with Crippen molar-refractivity contribution in [3.63, 3.8) is 0 Å². The van der Waals surface area contributed by atoms with E-state index < -0.39 is 36.5 Å². The number of hydrogen-bond acceptors (Lipinski definition) is 2. The van der Waals surface area contributed by atoms with Crippen molar-refractivity contribution in [1.29, 1.82) is 0 Å². The molecule has 1 aromatic rings. The molecule has 0 heterocycles. The third-order valence-electron chi connectivity index (χ3n) is 3.50. The smallest absolute Gasteiger partial charge is 0.460 e. The van der Waals surface area contributed by atoms with Gasteiger partial charge >= 0.3 is 23.9 Å². The van der Waals surface area contributed by atoms with Crippen molar-refractivity contribution in [3.05, 3.63) is 29.8 Å². The van der Waals surface area contributed by atoms with Gasteiger partial charge in [0.2, 0.25) is 0 Å². The molecule has 11 heteroatoms. The van der Waals surface area contributed by atoms with Gasteiger partial charge in [0.1, 0.15) is 5.75 Å². The summed E-state index contributed by atoms with van der Waals surface area (Å²) in [4.78, 5) is 0. The number of alkyl halides is 9. The molecule has 1 unspecified atom stereocenters. The summed E-state index contributed by atoms with van der Waals surface area (Å²) in [7, 11) is 0.831. The summed E-state index contributed by atoms with van der Waals surface area (Å²) in [6.07, 6.45) is -10.8. The molecule has 0 amide bonds. The van der Waals surface area contributed by atoms with Gasteiger partial charge < -0.3 is 9.47 Å². The van der Waals surface area contributed by atoms with Gasteiger partial charge in [0, 0.05) is 13.5 Å². The molecule has 0 aromatic heterocycles. The van der Waals surface area contributed by atoms with Crippen LogP contribution < -0.4 is 4.74 Å². The van der Waals surface area contributed by atoms with Crippen LogP contribution in [0.1, 0.15) is 25.0 Å². The van der Waals surface area contributed by atoms with Crippen molar-refractivity contribution in [2.24, 2.45) is 0 Å². The summed E-state index contributed by atoms with van der Waals surface area (Å²) in [5.74, 6) is -19.0. The zero-order valence-corrected chi connectivity index (χ0v) is 13.5. The zero-order chi connectivity index (χ0) is 20.4. The number of ether oxygens (including phenoxy) is 2. The first-order valence-electron chi connectivity index (χ1n) is 7.17. The number of hydrogen-bond donors (Lipinski definition) is 0. The molecule has 1 rings (SSSR count). The van der Waals surface area contributed by atoms with Crippen molar-refractivity contribution in [3.8, 4) is 5.75 Å². The molecule has 0 spiro atoms. The Morgan fingerprint density at radius 2 is 1.35 bits per heavy atom. The highest BCUT2D eigenvalue weighted by molar-refractivity contribution is 5.29. The Morgan fingerprint density at radius 1 is 0.846 bits per heavy atom. The highest BCUT2D eigenvalue weighted by atomic mass is 19.4. The van der Waals surface area contributed by atoms with Crippen molar-refractivity contribution in [2.75, 3.05) is 13.7 Å². The topological polar surface area (TPSA) is 18.5 Å². The highest BCUT2D eigenvalue weighted by Crippen LogP contribution is 2.55. The van der Waals surface area contributed by atoms with Crippen LogP contribution >= 0.6 is 0 Å². The lowest BCUT2D eigenvalue weighted by atomic mass is 9.95. The Hall–Kier alpha value is -1.65. The molecule has 0 aliphatic heterocycles. The largest absolute Gasteiger partial charge is 0.494 e. The van der Waals surface area contributed by atoms with Crippen LogP contribution in [0.3, 0.4) is 0 Å². The van der Waals surface area contributed by atoms with Crippen LogP contribution in [-0.2, 0) is 4.74 Å². The molecule has 0 bridgehead atoms. The minimum absolute atomic E-state index is 0.123. The van der Waals surface area contributed by atoms with Crippen LogP contribution in [0.4, 0.5) is 39.5 Å². The predicted molar refractivity (Wildman–Crippen MR) is 72.9 cm³/mol. The molecule has 1 atom stereocenters. The van der Waals surface area contributed by atoms with E-state index in [1.165, 1.54) is 12.1 Å². The third-order valence-corrected chi connectivity index (χ3v) is 3.50. The number of halogens is 9. The van der Waals surface area contributed by atoms with Gasteiger partial charge in [-0.25, -0.2) is 0 Å². The Balaban J connectivity index is 3.11. The molecule has 0 aliphatic rings. The fourth-order valence-corrected chi connectivity index (χ4v) is 2.05. The summed E-state index contributed by atoms with van der Waals surface area (Å²) in [5.41, 5.74) is -0.123. The minimum atomic E-state index is -6.92. The van der Waals surface area contributed by atoms with Gasteiger partial charge in [-0.05, 0) is 24.6 Å². The molecule has 0 aliphatic carbocycles. The number of benzene rings is 1. The first-order valence-corrected chi connectivity index (χ1v) is 7.17. The van der Waals surface area contributed by atoms with E-state index in [2.05, 4.69) is 4.74 Å². The molecule has 0 saturated carbocycles. The lowest BCUT2D eigenvalue weighted by Gasteiger charge is -2.35. The average molecular weight is 398 g/mol.